The molecule has 1 saturated carbocycles. The van der Waals surface area contributed by atoms with Crippen molar-refractivity contribution in [2.24, 2.45) is 0 Å². The number of fused-ring (bicyclic) bond motifs is 1. The van der Waals surface area contributed by atoms with E-state index in [4.69, 9.17) is 10.5 Å². The van der Waals surface area contributed by atoms with Crippen LogP contribution >= 0.6 is 0 Å². The molecule has 28 heavy (non-hydrogen) atoms. The second-order valence-corrected chi connectivity index (χ2v) is 7.56. The number of hydrogen-bond acceptors (Lipinski definition) is 8. The number of nitrogens with two attached hydrogens (primary N) is 1. The summed E-state index contributed by atoms with van der Waals surface area (Å²) in [6, 6.07) is 0.0707. The van der Waals surface area contributed by atoms with Crippen LogP contribution < -0.4 is 11.1 Å². The van der Waals surface area contributed by atoms with Crippen LogP contribution in [-0.2, 0) is 9.53 Å². The van der Waals surface area contributed by atoms with Gasteiger partial charge >= 0.3 is 0 Å². The van der Waals surface area contributed by atoms with Crippen molar-refractivity contribution in [3.05, 3.63) is 12.7 Å². The van der Waals surface area contributed by atoms with Crippen LogP contribution in [0.4, 0.5) is 5.82 Å². The van der Waals surface area contributed by atoms with Crippen molar-refractivity contribution < 1.29 is 19.7 Å². The first kappa shape index (κ1) is 19.0. The Hall–Kier alpha value is -2.30. The first-order valence-corrected chi connectivity index (χ1v) is 9.81. The van der Waals surface area contributed by atoms with Gasteiger partial charge < -0.3 is 26.0 Å². The van der Waals surface area contributed by atoms with Gasteiger partial charge in [0.1, 0.15) is 24.1 Å². The zero-order valence-corrected chi connectivity index (χ0v) is 15.6. The van der Waals surface area contributed by atoms with E-state index in [0.29, 0.717) is 11.2 Å². The maximum Gasteiger partial charge on any atom is 0.252 e. The fourth-order valence-electron chi connectivity index (χ4n) is 4.05. The van der Waals surface area contributed by atoms with Gasteiger partial charge in [0.25, 0.3) is 5.91 Å². The number of aromatic nitrogens is 4. The third-order valence-corrected chi connectivity index (χ3v) is 5.61. The molecule has 2 aromatic rings. The van der Waals surface area contributed by atoms with Crippen LogP contribution in [0.3, 0.4) is 0 Å². The number of rotatable bonds is 3. The quantitative estimate of drug-likeness (QED) is 0.583. The van der Waals surface area contributed by atoms with Crippen LogP contribution in [0.1, 0.15) is 51.2 Å². The molecule has 1 amide bonds. The van der Waals surface area contributed by atoms with Crippen LogP contribution in [0, 0.1) is 0 Å². The van der Waals surface area contributed by atoms with Gasteiger partial charge in [-0.2, -0.15) is 0 Å². The molecule has 1 unspecified atom stereocenters. The standard InChI is InChI=1S/C18H26N6O4/c19-15-11-16(21-8-20-15)24(9-22-11)18-13(26)12(25)14(28-18)17(27)23-10-6-4-2-1-3-5-7-10/h8-10,12-14,18,25-26H,1-7H2,(H,23,27)(H2,19,20,21)/t12-,13+,14-,18?/m0/s1. The zero-order valence-electron chi connectivity index (χ0n) is 15.6. The Labute approximate surface area is 162 Å². The Balaban J connectivity index is 1.49. The molecule has 4 atom stereocenters. The van der Waals surface area contributed by atoms with Crippen molar-refractivity contribution in [2.75, 3.05) is 5.73 Å². The van der Waals surface area contributed by atoms with E-state index < -0.39 is 30.4 Å². The molecule has 2 aromatic heterocycles. The van der Waals surface area contributed by atoms with Crippen molar-refractivity contribution in [1.29, 1.82) is 0 Å². The monoisotopic (exact) mass is 390 g/mol. The molecule has 1 aliphatic heterocycles. The molecule has 0 radical (unpaired) electrons. The van der Waals surface area contributed by atoms with Gasteiger partial charge in [0, 0.05) is 6.04 Å². The topological polar surface area (TPSA) is 148 Å². The number of ether oxygens (including phenoxy) is 1. The molecular formula is C18H26N6O4. The van der Waals surface area contributed by atoms with Crippen molar-refractivity contribution >= 4 is 22.9 Å². The Morgan fingerprint density at radius 1 is 1.11 bits per heavy atom. The third-order valence-electron chi connectivity index (χ3n) is 5.61. The van der Waals surface area contributed by atoms with Crippen molar-refractivity contribution in [2.45, 2.75) is 75.5 Å². The van der Waals surface area contributed by atoms with E-state index in [0.717, 1.165) is 25.7 Å². The summed E-state index contributed by atoms with van der Waals surface area (Å²) < 4.78 is 7.21. The van der Waals surface area contributed by atoms with E-state index in [-0.39, 0.29) is 11.9 Å². The predicted octanol–water partition coefficient (Wildman–Crippen LogP) is 0.257. The fraction of sp³-hybridized carbons (Fsp3) is 0.667. The number of aliphatic hydroxyl groups excluding tert-OH is 2. The highest BCUT2D eigenvalue weighted by Crippen LogP contribution is 2.32. The Kier molecular flexibility index (Phi) is 5.42. The minimum Gasteiger partial charge on any atom is -0.387 e. The van der Waals surface area contributed by atoms with Gasteiger partial charge in [-0.25, -0.2) is 15.0 Å². The number of carbonyl (C=O) groups excluding carboxylic acids is 1. The van der Waals surface area contributed by atoms with E-state index >= 15 is 0 Å². The lowest BCUT2D eigenvalue weighted by molar-refractivity contribution is -0.138. The summed E-state index contributed by atoms with van der Waals surface area (Å²) >= 11 is 0. The maximum absolute atomic E-state index is 12.7. The van der Waals surface area contributed by atoms with Gasteiger partial charge in [-0.3, -0.25) is 9.36 Å². The highest BCUT2D eigenvalue weighted by atomic mass is 16.6. The SMILES string of the molecule is Nc1ncnc2c1ncn2C1O[C@H](C(=O)NC2CCCCCCC2)[C@@H](O)[C@H]1O. The van der Waals surface area contributed by atoms with Gasteiger partial charge in [0.15, 0.2) is 23.8 Å². The number of nitrogen functional groups attached to an aromatic ring is 1. The van der Waals surface area contributed by atoms with Crippen molar-refractivity contribution in [3.63, 3.8) is 0 Å². The summed E-state index contributed by atoms with van der Waals surface area (Å²) in [4.78, 5) is 24.9. The van der Waals surface area contributed by atoms with Gasteiger partial charge in [0.05, 0.1) is 6.33 Å². The van der Waals surface area contributed by atoms with Crippen molar-refractivity contribution in [3.8, 4) is 0 Å². The second kappa shape index (κ2) is 7.98. The lowest BCUT2D eigenvalue weighted by atomic mass is 9.96. The van der Waals surface area contributed by atoms with Crippen LogP contribution in [0.15, 0.2) is 12.7 Å². The Morgan fingerprint density at radius 2 is 1.82 bits per heavy atom. The number of nitrogens with one attached hydrogen (secondary N) is 1. The first-order chi connectivity index (χ1) is 13.6. The smallest absolute Gasteiger partial charge is 0.252 e. The summed E-state index contributed by atoms with van der Waals surface area (Å²) in [5.74, 6) is -0.200. The summed E-state index contributed by atoms with van der Waals surface area (Å²) in [6.07, 6.45) is 5.46. The molecule has 10 heteroatoms. The highest BCUT2D eigenvalue weighted by molar-refractivity contribution is 5.83. The minimum atomic E-state index is -1.35. The van der Waals surface area contributed by atoms with E-state index in [2.05, 4.69) is 20.3 Å². The molecule has 3 heterocycles. The zero-order chi connectivity index (χ0) is 19.7. The number of imidazole rings is 1. The second-order valence-electron chi connectivity index (χ2n) is 7.56. The van der Waals surface area contributed by atoms with Gasteiger partial charge in [-0.05, 0) is 12.8 Å². The lowest BCUT2D eigenvalue weighted by Crippen LogP contribution is -2.46. The maximum atomic E-state index is 12.7. The molecule has 0 spiro atoms. The molecule has 2 aliphatic rings. The molecular weight excluding hydrogens is 364 g/mol. The normalized spacial score (nSPS) is 29.5. The predicted molar refractivity (Wildman–Crippen MR) is 99.9 cm³/mol. The number of aliphatic hydroxyl groups is 2. The summed E-state index contributed by atoms with van der Waals surface area (Å²) in [6.45, 7) is 0. The molecule has 10 nitrogen and oxygen atoms in total. The first-order valence-electron chi connectivity index (χ1n) is 9.81. The summed E-state index contributed by atoms with van der Waals surface area (Å²) in [7, 11) is 0. The van der Waals surface area contributed by atoms with Crippen LogP contribution in [0.5, 0.6) is 0 Å². The fourth-order valence-corrected chi connectivity index (χ4v) is 4.05. The average Bonchev–Trinajstić information content (AvgIpc) is 3.20. The average molecular weight is 390 g/mol. The number of anilines is 1. The molecule has 152 valence electrons. The third kappa shape index (κ3) is 3.54. The van der Waals surface area contributed by atoms with E-state index in [1.807, 2.05) is 0 Å². The number of nitrogens with zero attached hydrogens (tertiary/aromatic N) is 4. The molecule has 0 bridgehead atoms. The van der Waals surface area contributed by atoms with Crippen LogP contribution in [-0.4, -0.2) is 60.0 Å². The number of amides is 1. The minimum absolute atomic E-state index is 0.0707. The van der Waals surface area contributed by atoms with Gasteiger partial charge in [-0.15, -0.1) is 0 Å². The van der Waals surface area contributed by atoms with Crippen LogP contribution in [0.2, 0.25) is 0 Å². The van der Waals surface area contributed by atoms with E-state index in [1.165, 1.54) is 36.5 Å². The summed E-state index contributed by atoms with van der Waals surface area (Å²) in [5.41, 5.74) is 6.53. The largest absolute Gasteiger partial charge is 0.387 e. The highest BCUT2D eigenvalue weighted by Gasteiger charge is 2.48. The number of hydrogen-bond donors (Lipinski definition) is 4. The summed E-state index contributed by atoms with van der Waals surface area (Å²) in [5, 5.41) is 23.9. The molecule has 1 aliphatic carbocycles. The molecule has 5 N–H and O–H groups in total. The molecule has 4 rings (SSSR count). The van der Waals surface area contributed by atoms with Gasteiger partial charge in [-0.1, -0.05) is 32.1 Å². The van der Waals surface area contributed by atoms with Gasteiger partial charge in [0.2, 0.25) is 0 Å². The number of carbonyl (C=O) groups is 1. The molecule has 2 fully saturated rings. The Bertz CT molecular complexity index is 835. The van der Waals surface area contributed by atoms with E-state index in [9.17, 15) is 15.0 Å². The van der Waals surface area contributed by atoms with Crippen molar-refractivity contribution in [1.82, 2.24) is 24.8 Å². The molecule has 1 saturated heterocycles. The lowest BCUT2D eigenvalue weighted by Gasteiger charge is -2.23. The Morgan fingerprint density at radius 3 is 2.57 bits per heavy atom. The molecule has 0 aromatic carbocycles. The van der Waals surface area contributed by atoms with E-state index in [1.54, 1.807) is 0 Å². The van der Waals surface area contributed by atoms with Crippen LogP contribution in [0.25, 0.3) is 11.2 Å².